The van der Waals surface area contributed by atoms with E-state index in [2.05, 4.69) is 4.74 Å². The van der Waals surface area contributed by atoms with Crippen LogP contribution in [0.15, 0.2) is 48.5 Å². The van der Waals surface area contributed by atoms with Crippen LogP contribution in [-0.2, 0) is 4.79 Å². The average Bonchev–Trinajstić information content (AvgIpc) is 2.40. The highest BCUT2D eigenvalue weighted by Gasteiger charge is 2.33. The minimum Gasteiger partial charge on any atom is -0.541 e. The Balaban J connectivity index is 2.18. The fourth-order valence-electron chi connectivity index (χ4n) is 1.55. The number of alkyl halides is 2. The van der Waals surface area contributed by atoms with Crippen molar-refractivity contribution in [3.8, 4) is 16.9 Å². The van der Waals surface area contributed by atoms with Gasteiger partial charge in [-0.3, -0.25) is 0 Å². The first kappa shape index (κ1) is 14.3. The van der Waals surface area contributed by atoms with Gasteiger partial charge < -0.3 is 14.6 Å². The molecule has 0 spiro atoms. The van der Waals surface area contributed by atoms with Crippen molar-refractivity contribution in [1.29, 1.82) is 0 Å². The monoisotopic (exact) mass is 297 g/mol. The Kier molecular flexibility index (Phi) is 3.90. The van der Waals surface area contributed by atoms with Gasteiger partial charge in [0.25, 0.3) is 0 Å². The molecule has 0 saturated carbocycles. The molecule has 2 aromatic carbocycles. The topological polar surface area (TPSA) is 49.4 Å². The fourth-order valence-corrected chi connectivity index (χ4v) is 1.67. The van der Waals surface area contributed by atoms with Crippen LogP contribution in [0.1, 0.15) is 0 Å². The van der Waals surface area contributed by atoms with Crippen LogP contribution in [0.25, 0.3) is 11.1 Å². The minimum atomic E-state index is -4.36. The van der Waals surface area contributed by atoms with Crippen LogP contribution in [0.5, 0.6) is 5.75 Å². The SMILES string of the molecule is O=C([O-])C(F)(F)Oc1ccc(-c2ccc(Cl)cc2)cc1. The molecule has 0 bridgehead atoms. The van der Waals surface area contributed by atoms with Crippen LogP contribution in [0.3, 0.4) is 0 Å². The summed E-state index contributed by atoms with van der Waals surface area (Å²) in [6.45, 7) is 0. The summed E-state index contributed by atoms with van der Waals surface area (Å²) < 4.78 is 29.7. The maximum Gasteiger partial charge on any atom is 0.441 e. The zero-order valence-corrected chi connectivity index (χ0v) is 10.7. The third-order valence-corrected chi connectivity index (χ3v) is 2.77. The van der Waals surface area contributed by atoms with Gasteiger partial charge in [-0.15, -0.1) is 0 Å². The second-order valence-corrected chi connectivity index (χ2v) is 4.37. The van der Waals surface area contributed by atoms with Crippen molar-refractivity contribution in [2.75, 3.05) is 0 Å². The molecule has 0 radical (unpaired) electrons. The molecule has 0 fully saturated rings. The molecular weight excluding hydrogens is 290 g/mol. The molecule has 0 atom stereocenters. The summed E-state index contributed by atoms with van der Waals surface area (Å²) in [5.41, 5.74) is 1.60. The van der Waals surface area contributed by atoms with Gasteiger partial charge in [-0.05, 0) is 35.4 Å². The van der Waals surface area contributed by atoms with E-state index in [1.807, 2.05) is 0 Å². The first-order valence-electron chi connectivity index (χ1n) is 5.53. The Morgan fingerprint density at radius 3 is 1.90 bits per heavy atom. The molecule has 0 saturated heterocycles. The van der Waals surface area contributed by atoms with Crippen LogP contribution < -0.4 is 9.84 Å². The van der Waals surface area contributed by atoms with Crippen LogP contribution in [0.2, 0.25) is 5.02 Å². The fraction of sp³-hybridized carbons (Fsp3) is 0.0714. The Hall–Kier alpha value is -2.14. The summed E-state index contributed by atoms with van der Waals surface area (Å²) in [5.74, 6) is -2.85. The third kappa shape index (κ3) is 3.24. The van der Waals surface area contributed by atoms with Gasteiger partial charge in [0.05, 0.1) is 0 Å². The molecule has 2 aromatic rings. The molecule has 0 unspecified atom stereocenters. The Morgan fingerprint density at radius 2 is 1.45 bits per heavy atom. The largest absolute Gasteiger partial charge is 0.541 e. The second-order valence-electron chi connectivity index (χ2n) is 3.94. The number of carboxylic acid groups (broad SMARTS) is 1. The lowest BCUT2D eigenvalue weighted by Gasteiger charge is -2.18. The van der Waals surface area contributed by atoms with E-state index in [9.17, 15) is 18.7 Å². The summed E-state index contributed by atoms with van der Waals surface area (Å²) in [4.78, 5) is 10.1. The quantitative estimate of drug-likeness (QED) is 0.872. The molecule has 6 heteroatoms. The van der Waals surface area contributed by atoms with E-state index < -0.39 is 12.1 Å². The number of carbonyl (C=O) groups excluding carboxylic acids is 1. The van der Waals surface area contributed by atoms with Crippen molar-refractivity contribution in [3.63, 3.8) is 0 Å². The van der Waals surface area contributed by atoms with Crippen molar-refractivity contribution in [2.45, 2.75) is 6.11 Å². The first-order chi connectivity index (χ1) is 9.38. The molecule has 0 aliphatic rings. The number of halogens is 3. The molecule has 0 aliphatic carbocycles. The zero-order chi connectivity index (χ0) is 14.8. The van der Waals surface area contributed by atoms with E-state index in [-0.39, 0.29) is 5.75 Å². The van der Waals surface area contributed by atoms with E-state index in [4.69, 9.17) is 11.6 Å². The number of benzene rings is 2. The highest BCUT2D eigenvalue weighted by Crippen LogP contribution is 2.26. The molecule has 0 amide bonds. The molecule has 20 heavy (non-hydrogen) atoms. The summed E-state index contributed by atoms with van der Waals surface area (Å²) in [7, 11) is 0. The van der Waals surface area contributed by atoms with E-state index in [1.165, 1.54) is 24.3 Å². The van der Waals surface area contributed by atoms with Crippen molar-refractivity contribution >= 4 is 17.6 Å². The average molecular weight is 298 g/mol. The number of carbonyl (C=O) groups is 1. The minimum absolute atomic E-state index is 0.267. The molecule has 0 heterocycles. The van der Waals surface area contributed by atoms with Gasteiger partial charge in [-0.2, -0.15) is 8.78 Å². The van der Waals surface area contributed by atoms with Crippen molar-refractivity contribution in [2.24, 2.45) is 0 Å². The van der Waals surface area contributed by atoms with Crippen LogP contribution in [-0.4, -0.2) is 12.1 Å². The van der Waals surface area contributed by atoms with E-state index in [1.54, 1.807) is 24.3 Å². The molecule has 0 N–H and O–H groups in total. The van der Waals surface area contributed by atoms with E-state index in [0.29, 0.717) is 5.02 Å². The second kappa shape index (κ2) is 5.46. The first-order valence-corrected chi connectivity index (χ1v) is 5.90. The van der Waals surface area contributed by atoms with E-state index >= 15 is 0 Å². The Labute approximate surface area is 118 Å². The third-order valence-electron chi connectivity index (χ3n) is 2.52. The molecule has 0 aliphatic heterocycles. The summed E-state index contributed by atoms with van der Waals surface area (Å²) in [5, 5.41) is 10.7. The number of aliphatic carboxylic acids is 1. The van der Waals surface area contributed by atoms with Gasteiger partial charge in [-0.25, -0.2) is 0 Å². The van der Waals surface area contributed by atoms with Gasteiger partial charge >= 0.3 is 6.11 Å². The number of carboxylic acids is 1. The van der Waals surface area contributed by atoms with Crippen molar-refractivity contribution in [3.05, 3.63) is 53.6 Å². The number of hydrogen-bond acceptors (Lipinski definition) is 3. The standard InChI is InChI=1S/C14H9ClF2O3/c15-11-5-1-9(2-6-11)10-3-7-12(8-4-10)20-14(16,17)13(18)19/h1-8H,(H,18,19)/p-1. The molecular formula is C14H8ClF2O3-. The zero-order valence-electron chi connectivity index (χ0n) is 9.98. The van der Waals surface area contributed by atoms with Crippen LogP contribution in [0, 0.1) is 0 Å². The van der Waals surface area contributed by atoms with E-state index in [0.717, 1.165) is 11.1 Å². The van der Waals surface area contributed by atoms with Gasteiger partial charge in [0.15, 0.2) is 5.97 Å². The maximum absolute atomic E-state index is 12.8. The van der Waals surface area contributed by atoms with Gasteiger partial charge in [0.1, 0.15) is 5.75 Å². The predicted molar refractivity (Wildman–Crippen MR) is 67.5 cm³/mol. The summed E-state index contributed by atoms with van der Waals surface area (Å²) in [6.07, 6.45) is -4.36. The highest BCUT2D eigenvalue weighted by atomic mass is 35.5. The van der Waals surface area contributed by atoms with Gasteiger partial charge in [0.2, 0.25) is 0 Å². The Morgan fingerprint density at radius 1 is 1.00 bits per heavy atom. The van der Waals surface area contributed by atoms with Crippen LogP contribution in [0.4, 0.5) is 8.78 Å². The lowest BCUT2D eigenvalue weighted by atomic mass is 10.1. The normalized spacial score (nSPS) is 11.2. The maximum atomic E-state index is 12.8. The van der Waals surface area contributed by atoms with Crippen molar-refractivity contribution in [1.82, 2.24) is 0 Å². The summed E-state index contributed by atoms with van der Waals surface area (Å²) >= 11 is 5.76. The van der Waals surface area contributed by atoms with Gasteiger partial charge in [0, 0.05) is 5.02 Å². The molecule has 2 rings (SSSR count). The number of rotatable bonds is 4. The molecule has 3 nitrogen and oxygen atoms in total. The number of ether oxygens (including phenoxy) is 1. The van der Waals surface area contributed by atoms with Crippen molar-refractivity contribution < 1.29 is 23.4 Å². The van der Waals surface area contributed by atoms with Gasteiger partial charge in [-0.1, -0.05) is 35.9 Å². The predicted octanol–water partition coefficient (Wildman–Crippen LogP) is 2.73. The summed E-state index contributed by atoms with van der Waals surface area (Å²) in [6, 6.07) is 12.5. The lowest BCUT2D eigenvalue weighted by Crippen LogP contribution is -2.45. The smallest absolute Gasteiger partial charge is 0.441 e. The highest BCUT2D eigenvalue weighted by molar-refractivity contribution is 6.30. The van der Waals surface area contributed by atoms with Crippen LogP contribution >= 0.6 is 11.6 Å². The molecule has 0 aromatic heterocycles. The lowest BCUT2D eigenvalue weighted by molar-refractivity contribution is -0.350. The Bertz CT molecular complexity index is 609. The molecule has 104 valence electrons. The number of hydrogen-bond donors (Lipinski definition) is 0.